The molecule has 6 amide bonds. The lowest BCUT2D eigenvalue weighted by molar-refractivity contribution is -0.177. The number of rotatable bonds is 35. The molecular formula is C94H111N17O33. The summed E-state index contributed by atoms with van der Waals surface area (Å²) in [6, 6.07) is 36.9. The number of alkyl carbamates (subject to hydrolysis) is 1. The van der Waals surface area contributed by atoms with Crippen LogP contribution in [-0.2, 0) is 100 Å². The summed E-state index contributed by atoms with van der Waals surface area (Å²) in [6.07, 6.45) is -8.08. The van der Waals surface area contributed by atoms with Gasteiger partial charge in [0.2, 0.25) is 17.7 Å². The number of nitrogens with zero attached hydrogens (tertiary/aromatic N) is 9. The fourth-order valence-corrected chi connectivity index (χ4v) is 17.1. The molecule has 5 fully saturated rings. The van der Waals surface area contributed by atoms with Crippen molar-refractivity contribution in [3.8, 4) is 28.3 Å². The number of carbonyl (C=O) groups excluding carboxylic acids is 10. The zero-order valence-electron chi connectivity index (χ0n) is 79.0. The van der Waals surface area contributed by atoms with Crippen LogP contribution < -0.4 is 71.0 Å². The number of fused-ring (bicyclic) bond motifs is 9. The Labute approximate surface area is 817 Å². The van der Waals surface area contributed by atoms with Crippen LogP contribution in [0, 0.1) is 0 Å². The third-order valence-corrected chi connectivity index (χ3v) is 24.1. The fourth-order valence-electron chi connectivity index (χ4n) is 17.1. The van der Waals surface area contributed by atoms with Crippen molar-refractivity contribution < 1.29 is 125 Å². The molecule has 5 saturated heterocycles. The maximum absolute atomic E-state index is 12.6. The summed E-state index contributed by atoms with van der Waals surface area (Å²) in [6.45, 7) is 5.84. The minimum absolute atomic E-state index is 0.00314. The lowest BCUT2D eigenvalue weighted by Gasteiger charge is -2.25. The van der Waals surface area contributed by atoms with Gasteiger partial charge in [0.1, 0.15) is 43.7 Å². The third-order valence-electron chi connectivity index (χ3n) is 24.1. The molecule has 8 aliphatic rings. The van der Waals surface area contributed by atoms with E-state index in [0.717, 1.165) is 59.7 Å². The van der Waals surface area contributed by atoms with Crippen LogP contribution in [0.3, 0.4) is 0 Å². The monoisotopic (exact) mass is 2010 g/mol. The summed E-state index contributed by atoms with van der Waals surface area (Å²) in [4.78, 5) is 219. The molecule has 16 atom stereocenters. The Balaban J connectivity index is 0.000000166. The van der Waals surface area contributed by atoms with Crippen molar-refractivity contribution in [3.05, 3.63) is 252 Å². The number of aromatic nitrogens is 8. The number of nitrogens with one attached hydrogen (secondary N) is 7. The van der Waals surface area contributed by atoms with Crippen molar-refractivity contribution in [3.63, 3.8) is 0 Å². The van der Waals surface area contributed by atoms with E-state index >= 15 is 0 Å². The van der Waals surface area contributed by atoms with E-state index < -0.39 is 179 Å². The molecule has 0 radical (unpaired) electrons. The predicted molar refractivity (Wildman–Crippen MR) is 499 cm³/mol. The van der Waals surface area contributed by atoms with Crippen molar-refractivity contribution in [2.24, 2.45) is 10.8 Å². The van der Waals surface area contributed by atoms with E-state index in [1.807, 2.05) is 106 Å². The summed E-state index contributed by atoms with van der Waals surface area (Å²) in [5, 5.41) is 32.6. The number of hydrogen-bond donors (Lipinski definition) is 10. The van der Waals surface area contributed by atoms with Crippen LogP contribution in [0.4, 0.5) is 9.59 Å². The predicted octanol–water partition coefficient (Wildman–Crippen LogP) is 2.08. The second kappa shape index (κ2) is 51.6. The van der Waals surface area contributed by atoms with Crippen LogP contribution in [0.2, 0.25) is 0 Å². The number of hydroxylamine groups is 2. The van der Waals surface area contributed by atoms with E-state index in [0.29, 0.717) is 24.3 Å². The molecule has 2 aliphatic carbocycles. The van der Waals surface area contributed by atoms with Crippen LogP contribution in [0.15, 0.2) is 185 Å². The molecular weight excluding hydrogens is 1900 g/mol. The number of imide groups is 1. The van der Waals surface area contributed by atoms with Crippen molar-refractivity contribution in [2.45, 2.75) is 201 Å². The van der Waals surface area contributed by atoms with E-state index in [1.165, 1.54) is 73.3 Å². The van der Waals surface area contributed by atoms with Gasteiger partial charge in [-0.1, -0.05) is 128 Å². The summed E-state index contributed by atoms with van der Waals surface area (Å²) in [5.74, 6) is -3.98. The normalized spacial score (nSPS) is 22.5. The van der Waals surface area contributed by atoms with E-state index in [-0.39, 0.29) is 146 Å². The highest BCUT2D eigenvalue weighted by atomic mass is 16.8. The molecule has 6 aliphatic heterocycles. The van der Waals surface area contributed by atoms with Crippen LogP contribution in [0.25, 0.3) is 32.7 Å². The van der Waals surface area contributed by atoms with E-state index in [4.69, 9.17) is 82.8 Å². The number of benzene rings is 4. The summed E-state index contributed by atoms with van der Waals surface area (Å²) < 4.78 is 78.7. The van der Waals surface area contributed by atoms with Gasteiger partial charge in [-0.15, -0.1) is 0 Å². The zero-order valence-corrected chi connectivity index (χ0v) is 79.0. The first kappa shape index (κ1) is 108. The van der Waals surface area contributed by atoms with Gasteiger partial charge in [-0.05, 0) is 69.3 Å². The Bertz CT molecular complexity index is 6290. The molecule has 10 heterocycles. The molecule has 144 heavy (non-hydrogen) atoms. The second-order valence-corrected chi connectivity index (χ2v) is 33.1. The highest BCUT2D eigenvalue weighted by Gasteiger charge is 2.54. The third kappa shape index (κ3) is 26.9. The van der Waals surface area contributed by atoms with Gasteiger partial charge in [0.15, 0.2) is 49.3 Å². The molecule has 16 rings (SSSR count). The fraction of sp³-hybridized carbons (Fsp3) is 0.468. The van der Waals surface area contributed by atoms with Gasteiger partial charge in [0.05, 0.1) is 64.0 Å². The highest BCUT2D eigenvalue weighted by molar-refractivity contribution is 6.01. The van der Waals surface area contributed by atoms with Crippen LogP contribution in [0.1, 0.15) is 150 Å². The van der Waals surface area contributed by atoms with Gasteiger partial charge in [-0.3, -0.25) is 95.6 Å². The van der Waals surface area contributed by atoms with Crippen LogP contribution in [0.5, 0.6) is 6.01 Å². The molecule has 50 nitrogen and oxygen atoms in total. The number of ether oxygens (including phenoxy) is 13. The number of azide groups is 1. The maximum Gasteiger partial charge on any atom is 0.533 e. The van der Waals surface area contributed by atoms with Crippen molar-refractivity contribution >= 4 is 59.7 Å². The lowest BCUT2D eigenvalue weighted by atomic mass is 9.98. The highest BCUT2D eigenvalue weighted by Crippen LogP contribution is 2.47. The number of H-pyrrole nitrogens is 3. The number of amides is 6. The number of esters is 3. The number of aromatic amines is 3. The molecule has 4 aromatic carbocycles. The summed E-state index contributed by atoms with van der Waals surface area (Å²) in [7, 11) is 4.42. The van der Waals surface area contributed by atoms with Gasteiger partial charge in [0, 0.05) is 139 Å². The summed E-state index contributed by atoms with van der Waals surface area (Å²) in [5.41, 5.74) is 18.6. The molecule has 770 valence electrons. The van der Waals surface area contributed by atoms with Crippen LogP contribution in [-0.4, -0.2) is 267 Å². The van der Waals surface area contributed by atoms with Crippen molar-refractivity contribution in [1.29, 1.82) is 0 Å². The molecule has 0 spiro atoms. The average Bonchev–Trinajstić information content (AvgIpc) is 1.60. The molecule has 4 unspecified atom stereocenters. The smallest absolute Gasteiger partial charge is 0.457 e. The summed E-state index contributed by atoms with van der Waals surface area (Å²) >= 11 is 0. The van der Waals surface area contributed by atoms with Crippen molar-refractivity contribution in [1.82, 2.24) is 64.5 Å². The zero-order chi connectivity index (χ0) is 103. The average molecular weight is 2010 g/mol. The van der Waals surface area contributed by atoms with Crippen LogP contribution >= 0.6 is 0 Å². The van der Waals surface area contributed by atoms with E-state index in [1.54, 1.807) is 0 Å². The standard InChI is InChI=1S/C32H36N4O9.C19H15NO5.C17H24N6O7.C17H26N4O7.C9H10N2O5/c1-3-24-28(45-27(39)13-12-25(37)33-2)29(30(44-24)36-16-14-26(38)35-31(36)40)42-17-15-34-32(41)43-18-23-21-10-6-4-8-19(21)20-9-5-7-11-22(20)23;21-17-9-10-18(22)20(17)25-19(23)24-11-16-14-7-3-1-5-12(14)13-6-2-4-8-15(13)16;1-3-10-14(30-13(26)5-4-11(24)19-2)15(28-9-7-20-22-18)16(29-10)23-8-6-12(25)21-17(23)27;1-3-10-14(28-13(24)5-4-11(22)19-2)15(26-9-7-18)16(27-10)21-8-6-12(23)20-17(21)25;12-3-4-6(14)7-8(15-4)11-2-1-5(13)10-9(11)16-7/h4-11,14,16,23-24,28-30H,3,12-13,15,17-18H2,1-2H3,(H,33,37)(H,34,41)(H,35,38,40);1-8,16H,9-11H2;6,8,10,14-16H,3-5,7,9H2,1-2H3,(H,19,24)(H,21,25,27);6,8,10,14-16H,3-5,7,9,18H2,1-2H3,(H,19,22)(H,20,23,25);1-2,4,6-8,12,14H,3H2/t24-,28?,29+,30-;;2*10-,14?,15+,16-;4-,6?,7+,8-/m1.111/s1. The molecule has 50 heteroatoms. The molecule has 8 aromatic rings. The second-order valence-electron chi connectivity index (χ2n) is 33.1. The molecule has 0 saturated carbocycles. The van der Waals surface area contributed by atoms with E-state index in [9.17, 15) is 86.6 Å². The first-order valence-corrected chi connectivity index (χ1v) is 46.3. The first-order valence-electron chi connectivity index (χ1n) is 46.3. The van der Waals surface area contributed by atoms with Gasteiger partial charge in [-0.2, -0.15) is 4.98 Å². The molecule has 0 bridgehead atoms. The number of carbonyl (C=O) groups is 10. The van der Waals surface area contributed by atoms with Gasteiger partial charge < -0.3 is 98.8 Å². The Morgan fingerprint density at radius 2 is 0.861 bits per heavy atom. The maximum atomic E-state index is 12.6. The van der Waals surface area contributed by atoms with Gasteiger partial charge >= 0.3 is 53.2 Å². The number of aliphatic hydroxyl groups excluding tert-OH is 2. The Hall–Kier alpha value is -15.0. The minimum Gasteiger partial charge on any atom is -0.457 e. The Morgan fingerprint density at radius 1 is 0.486 bits per heavy atom. The molecule has 11 N–H and O–H groups in total. The molecule has 4 aromatic heterocycles. The quantitative estimate of drug-likeness (QED) is 0.00517. The Morgan fingerprint density at radius 3 is 1.24 bits per heavy atom. The number of aliphatic hydroxyl groups is 2. The van der Waals surface area contributed by atoms with Crippen molar-refractivity contribution in [2.75, 3.05) is 80.4 Å². The lowest BCUT2D eigenvalue weighted by Crippen LogP contribution is -2.42. The minimum atomic E-state index is -1.05. The largest absolute Gasteiger partial charge is 0.533 e. The first-order chi connectivity index (χ1) is 69.5. The topological polar surface area (TPSA) is 666 Å². The Kier molecular flexibility index (Phi) is 38.7. The van der Waals surface area contributed by atoms with Gasteiger partial charge in [-0.25, -0.2) is 24.0 Å². The number of hydrogen-bond acceptors (Lipinski definition) is 36. The SMILES string of the molecule is CC[C@H]1O[C@@H](n2ccc(=O)[nH]c2=O)[C@@H](OCCN)C1OC(=O)CCC(=O)NC.CC[C@H]1O[C@@H](n2ccc(=O)[nH]c2=O)[C@@H](OCCN=[N+]=[N-])C1OC(=O)CCC(=O)NC.CC[C@H]1O[C@@H](n2ccc(=O)[nH]c2=O)[C@@H](OCCNC(=O)OCC2c3ccccc3-c3ccccc32)C1OC(=O)CCC(=O)NC.O=C(OCC1c2ccccc2-c2ccccc21)ON1C(=O)CCC1=O.O=c1ccn2c(n1)O[C@H]1C(O)[C@@H](CO)O[C@H]12. The van der Waals surface area contributed by atoms with E-state index in [2.05, 4.69) is 63.4 Å². The van der Waals surface area contributed by atoms with Gasteiger partial charge in [0.25, 0.3) is 34.1 Å². The number of nitrogens with two attached hydrogens (primary N) is 1.